The van der Waals surface area contributed by atoms with E-state index in [0.717, 1.165) is 13.1 Å². The minimum Gasteiger partial charge on any atom is -0.507 e. The van der Waals surface area contributed by atoms with E-state index in [2.05, 4.69) is 4.90 Å². The van der Waals surface area contributed by atoms with Gasteiger partial charge in [-0.1, -0.05) is 12.1 Å². The zero-order chi connectivity index (χ0) is 25.8. The summed E-state index contributed by atoms with van der Waals surface area (Å²) < 4.78 is 10.4. The molecule has 190 valence electrons. The number of ketones is 1. The van der Waals surface area contributed by atoms with Gasteiger partial charge in [-0.25, -0.2) is 0 Å². The Hall–Kier alpha value is -3.96. The van der Waals surface area contributed by atoms with Gasteiger partial charge in [0.2, 0.25) is 0 Å². The molecule has 0 aliphatic carbocycles. The molecule has 2 aromatic carbocycles. The second kappa shape index (κ2) is 10.8. The summed E-state index contributed by atoms with van der Waals surface area (Å²) in [7, 11) is 1.42. The van der Waals surface area contributed by atoms with Crippen LogP contribution in [0.2, 0.25) is 0 Å². The number of nitro groups is 1. The Labute approximate surface area is 207 Å². The molecule has 2 saturated heterocycles. The maximum absolute atomic E-state index is 13.2. The van der Waals surface area contributed by atoms with Gasteiger partial charge in [0.25, 0.3) is 17.4 Å². The number of likely N-dealkylation sites (tertiary alicyclic amines) is 1. The Bertz CT molecular complexity index is 1210. The first-order valence-electron chi connectivity index (χ1n) is 11.5. The fourth-order valence-electron chi connectivity index (χ4n) is 4.54. The molecule has 2 aliphatic heterocycles. The summed E-state index contributed by atoms with van der Waals surface area (Å²) in [4.78, 5) is 40.6. The number of benzene rings is 2. The summed E-state index contributed by atoms with van der Waals surface area (Å²) in [6.45, 7) is 3.66. The third kappa shape index (κ3) is 5.02. The molecule has 36 heavy (non-hydrogen) atoms. The minimum absolute atomic E-state index is 0.0578. The highest BCUT2D eigenvalue weighted by atomic mass is 16.6. The monoisotopic (exact) mass is 497 g/mol. The Morgan fingerprint density at radius 2 is 1.92 bits per heavy atom. The van der Waals surface area contributed by atoms with Crippen molar-refractivity contribution in [3.05, 3.63) is 69.3 Å². The zero-order valence-corrected chi connectivity index (χ0v) is 19.8. The van der Waals surface area contributed by atoms with Crippen LogP contribution in [-0.4, -0.2) is 83.1 Å². The highest BCUT2D eigenvalue weighted by Gasteiger charge is 2.46. The summed E-state index contributed by atoms with van der Waals surface area (Å²) in [5.74, 6) is -2.32. The molecule has 2 aliphatic rings. The second-order valence-electron chi connectivity index (χ2n) is 8.54. The average molecular weight is 498 g/mol. The normalized spacial score (nSPS) is 20.0. The largest absolute Gasteiger partial charge is 0.507 e. The molecule has 11 heteroatoms. The van der Waals surface area contributed by atoms with Crippen LogP contribution in [0.4, 0.5) is 5.69 Å². The fourth-order valence-corrected chi connectivity index (χ4v) is 4.54. The number of amides is 1. The molecular weight excluding hydrogens is 470 g/mol. The van der Waals surface area contributed by atoms with Crippen molar-refractivity contribution in [3.8, 4) is 11.5 Å². The molecule has 2 aromatic rings. The Kier molecular flexibility index (Phi) is 7.51. The van der Waals surface area contributed by atoms with E-state index in [1.807, 2.05) is 0 Å². The van der Waals surface area contributed by atoms with E-state index in [-0.39, 0.29) is 29.1 Å². The van der Waals surface area contributed by atoms with Crippen molar-refractivity contribution in [2.24, 2.45) is 0 Å². The second-order valence-corrected chi connectivity index (χ2v) is 8.54. The number of phenolic OH excluding ortho intramolecular Hbond substituents is 1. The summed E-state index contributed by atoms with van der Waals surface area (Å²) in [5, 5.41) is 33.0. The summed E-state index contributed by atoms with van der Waals surface area (Å²) in [5.41, 5.74) is -0.201. The van der Waals surface area contributed by atoms with Crippen molar-refractivity contribution in [2.45, 2.75) is 12.5 Å². The van der Waals surface area contributed by atoms with Crippen molar-refractivity contribution < 1.29 is 34.2 Å². The SMILES string of the molecule is COc1ccc(/C(O)=C2\C(=O)C(=O)N(CCCN3CCOCC3)C2c2cccc([N+](=O)[O-])c2)c(O)c1. The van der Waals surface area contributed by atoms with E-state index in [4.69, 9.17) is 9.47 Å². The predicted molar refractivity (Wildman–Crippen MR) is 129 cm³/mol. The maximum atomic E-state index is 13.2. The molecule has 0 saturated carbocycles. The van der Waals surface area contributed by atoms with Gasteiger partial charge in [-0.3, -0.25) is 24.6 Å². The van der Waals surface area contributed by atoms with E-state index in [0.29, 0.717) is 37.5 Å². The number of hydrogen-bond acceptors (Lipinski definition) is 9. The smallest absolute Gasteiger partial charge is 0.295 e. The van der Waals surface area contributed by atoms with Gasteiger partial charge in [-0.15, -0.1) is 0 Å². The lowest BCUT2D eigenvalue weighted by molar-refractivity contribution is -0.384. The number of ether oxygens (including phenoxy) is 2. The number of Topliss-reactive ketones (excluding diaryl/α,β-unsaturated/α-hetero) is 1. The van der Waals surface area contributed by atoms with Crippen LogP contribution in [0, 0.1) is 10.1 Å². The number of nitro benzene ring substituents is 1. The van der Waals surface area contributed by atoms with Crippen LogP contribution in [-0.2, 0) is 14.3 Å². The number of carbonyl (C=O) groups excluding carboxylic acids is 2. The number of morpholine rings is 1. The molecule has 4 rings (SSSR count). The third-order valence-corrected chi connectivity index (χ3v) is 6.37. The van der Waals surface area contributed by atoms with Crippen molar-refractivity contribution in [3.63, 3.8) is 0 Å². The highest BCUT2D eigenvalue weighted by Crippen LogP contribution is 2.42. The lowest BCUT2D eigenvalue weighted by atomic mass is 9.94. The molecule has 0 bridgehead atoms. The molecule has 2 fully saturated rings. The Morgan fingerprint density at radius 1 is 1.17 bits per heavy atom. The van der Waals surface area contributed by atoms with E-state index in [1.165, 1.54) is 48.4 Å². The van der Waals surface area contributed by atoms with Gasteiger partial charge in [0.1, 0.15) is 17.3 Å². The first kappa shape index (κ1) is 25.1. The van der Waals surface area contributed by atoms with Crippen LogP contribution in [0.3, 0.4) is 0 Å². The maximum Gasteiger partial charge on any atom is 0.295 e. The molecule has 2 heterocycles. The van der Waals surface area contributed by atoms with E-state index < -0.39 is 28.4 Å². The molecule has 11 nitrogen and oxygen atoms in total. The molecule has 0 aromatic heterocycles. The summed E-state index contributed by atoms with van der Waals surface area (Å²) >= 11 is 0. The number of rotatable bonds is 8. The number of aliphatic hydroxyl groups excluding tert-OH is 1. The number of aromatic hydroxyl groups is 1. The highest BCUT2D eigenvalue weighted by molar-refractivity contribution is 6.46. The van der Waals surface area contributed by atoms with Crippen LogP contribution in [0.25, 0.3) is 5.76 Å². The van der Waals surface area contributed by atoms with E-state index in [9.17, 15) is 29.9 Å². The van der Waals surface area contributed by atoms with E-state index in [1.54, 1.807) is 6.07 Å². The summed E-state index contributed by atoms with van der Waals surface area (Å²) in [6.07, 6.45) is 0.548. The number of hydrogen-bond donors (Lipinski definition) is 2. The molecule has 0 radical (unpaired) electrons. The quantitative estimate of drug-likeness (QED) is 0.185. The Balaban J connectivity index is 1.74. The van der Waals surface area contributed by atoms with Gasteiger partial charge < -0.3 is 24.6 Å². The van der Waals surface area contributed by atoms with Crippen molar-refractivity contribution in [2.75, 3.05) is 46.5 Å². The third-order valence-electron chi connectivity index (χ3n) is 6.37. The molecule has 2 N–H and O–H groups in total. The van der Waals surface area contributed by atoms with Gasteiger partial charge in [-0.2, -0.15) is 0 Å². The van der Waals surface area contributed by atoms with Gasteiger partial charge in [0.15, 0.2) is 0 Å². The molecule has 1 atom stereocenters. The molecule has 1 amide bonds. The van der Waals surface area contributed by atoms with Gasteiger partial charge in [0.05, 0.1) is 42.4 Å². The van der Waals surface area contributed by atoms with Crippen LogP contribution in [0.1, 0.15) is 23.6 Å². The average Bonchev–Trinajstić information content (AvgIpc) is 3.14. The van der Waals surface area contributed by atoms with Crippen molar-refractivity contribution >= 4 is 23.1 Å². The molecule has 0 spiro atoms. The van der Waals surface area contributed by atoms with Gasteiger partial charge in [-0.05, 0) is 24.1 Å². The standard InChI is InChI=1S/C25H27N3O8/c1-35-18-6-7-19(20(29)15-18)23(30)21-22(16-4-2-5-17(14-16)28(33)34)27(25(32)24(21)31)9-3-8-26-10-12-36-13-11-26/h2,4-7,14-15,22,29-30H,3,8-13H2,1H3/b23-21+. The van der Waals surface area contributed by atoms with Crippen LogP contribution in [0.5, 0.6) is 11.5 Å². The number of phenols is 1. The number of carbonyl (C=O) groups is 2. The lowest BCUT2D eigenvalue weighted by Gasteiger charge is -2.29. The first-order chi connectivity index (χ1) is 17.3. The van der Waals surface area contributed by atoms with Crippen molar-refractivity contribution in [1.82, 2.24) is 9.80 Å². The van der Waals surface area contributed by atoms with Crippen molar-refractivity contribution in [1.29, 1.82) is 0 Å². The topological polar surface area (TPSA) is 143 Å². The minimum atomic E-state index is -1.06. The molecule has 1 unspecified atom stereocenters. The Morgan fingerprint density at radius 3 is 2.58 bits per heavy atom. The number of non-ortho nitro benzene ring substituents is 1. The van der Waals surface area contributed by atoms with E-state index >= 15 is 0 Å². The number of aliphatic hydroxyl groups is 1. The van der Waals surface area contributed by atoms with Crippen LogP contribution >= 0.6 is 0 Å². The van der Waals surface area contributed by atoms with Crippen LogP contribution in [0.15, 0.2) is 48.0 Å². The first-order valence-corrected chi connectivity index (χ1v) is 11.5. The fraction of sp³-hybridized carbons (Fsp3) is 0.360. The summed E-state index contributed by atoms with van der Waals surface area (Å²) in [6, 6.07) is 8.71. The number of methoxy groups -OCH3 is 1. The van der Waals surface area contributed by atoms with Gasteiger partial charge in [0, 0.05) is 44.4 Å². The molecular formula is C25H27N3O8. The zero-order valence-electron chi connectivity index (χ0n) is 19.8. The van der Waals surface area contributed by atoms with Gasteiger partial charge >= 0.3 is 0 Å². The lowest BCUT2D eigenvalue weighted by Crippen LogP contribution is -2.39. The number of nitrogens with zero attached hydrogens (tertiary/aromatic N) is 3. The van der Waals surface area contributed by atoms with Crippen LogP contribution < -0.4 is 4.74 Å². The predicted octanol–water partition coefficient (Wildman–Crippen LogP) is 2.45.